The molecule has 0 bridgehead atoms. The summed E-state index contributed by atoms with van der Waals surface area (Å²) in [7, 11) is 0. The number of thiocarbonyl (C=S) groups is 1. The highest BCUT2D eigenvalue weighted by molar-refractivity contribution is 7.80. The van der Waals surface area contributed by atoms with Crippen LogP contribution in [0.3, 0.4) is 0 Å². The molecule has 1 amide bonds. The summed E-state index contributed by atoms with van der Waals surface area (Å²) in [6.07, 6.45) is 9.84. The Kier molecular flexibility index (Phi) is 7.17. The number of nitrogens with one attached hydrogen (secondary N) is 1. The van der Waals surface area contributed by atoms with Crippen LogP contribution in [0, 0.1) is 5.92 Å². The van der Waals surface area contributed by atoms with Gasteiger partial charge in [-0.1, -0.05) is 31.5 Å². The van der Waals surface area contributed by atoms with Crippen LogP contribution in [0.4, 0.5) is 0 Å². The average molecular weight is 256 g/mol. The predicted molar refractivity (Wildman–Crippen MR) is 74.8 cm³/mol. The summed E-state index contributed by atoms with van der Waals surface area (Å²) >= 11 is 4.80. The topological polar surface area (TPSA) is 55.1 Å². The van der Waals surface area contributed by atoms with Gasteiger partial charge in [-0.15, -0.1) is 0 Å². The first kappa shape index (κ1) is 14.4. The van der Waals surface area contributed by atoms with Gasteiger partial charge in [0.25, 0.3) is 0 Å². The van der Waals surface area contributed by atoms with Crippen molar-refractivity contribution in [3.63, 3.8) is 0 Å². The summed E-state index contributed by atoms with van der Waals surface area (Å²) in [6, 6.07) is 0. The highest BCUT2D eigenvalue weighted by Crippen LogP contribution is 2.25. The van der Waals surface area contributed by atoms with Crippen molar-refractivity contribution in [2.45, 2.75) is 57.8 Å². The Morgan fingerprint density at radius 1 is 1.24 bits per heavy atom. The van der Waals surface area contributed by atoms with Crippen molar-refractivity contribution in [3.05, 3.63) is 0 Å². The fourth-order valence-electron chi connectivity index (χ4n) is 2.38. The molecule has 1 aliphatic rings. The van der Waals surface area contributed by atoms with E-state index in [4.69, 9.17) is 18.0 Å². The largest absolute Gasteiger partial charge is 0.393 e. The molecule has 17 heavy (non-hydrogen) atoms. The van der Waals surface area contributed by atoms with Gasteiger partial charge in [-0.3, -0.25) is 4.79 Å². The van der Waals surface area contributed by atoms with Crippen molar-refractivity contribution in [2.75, 3.05) is 6.54 Å². The van der Waals surface area contributed by atoms with Gasteiger partial charge < -0.3 is 11.1 Å². The van der Waals surface area contributed by atoms with E-state index in [-0.39, 0.29) is 5.91 Å². The molecule has 0 saturated heterocycles. The SMILES string of the molecule is NC(=S)CCCCNC(=O)CC1CCCCC1. The zero-order valence-electron chi connectivity index (χ0n) is 10.5. The minimum absolute atomic E-state index is 0.215. The van der Waals surface area contributed by atoms with Crippen LogP contribution in [0.2, 0.25) is 0 Å². The van der Waals surface area contributed by atoms with Crippen molar-refractivity contribution in [1.82, 2.24) is 5.32 Å². The maximum absolute atomic E-state index is 11.6. The van der Waals surface area contributed by atoms with Crippen LogP contribution < -0.4 is 11.1 Å². The van der Waals surface area contributed by atoms with Gasteiger partial charge in [0.15, 0.2) is 0 Å². The van der Waals surface area contributed by atoms with Crippen LogP contribution in [0.25, 0.3) is 0 Å². The van der Waals surface area contributed by atoms with E-state index < -0.39 is 0 Å². The number of amides is 1. The lowest BCUT2D eigenvalue weighted by Crippen LogP contribution is -2.27. The highest BCUT2D eigenvalue weighted by Gasteiger charge is 2.16. The van der Waals surface area contributed by atoms with E-state index in [1.807, 2.05) is 0 Å². The number of rotatable bonds is 7. The van der Waals surface area contributed by atoms with Crippen LogP contribution in [0.5, 0.6) is 0 Å². The molecule has 3 N–H and O–H groups in total. The normalized spacial score (nSPS) is 16.7. The molecular formula is C13H24N2OS. The molecule has 0 heterocycles. The third kappa shape index (κ3) is 7.31. The summed E-state index contributed by atoms with van der Waals surface area (Å²) in [4.78, 5) is 12.2. The number of nitrogens with two attached hydrogens (primary N) is 1. The van der Waals surface area contributed by atoms with Gasteiger partial charge in [-0.05, 0) is 38.0 Å². The maximum Gasteiger partial charge on any atom is 0.220 e. The molecule has 3 nitrogen and oxygen atoms in total. The molecule has 0 spiro atoms. The number of hydrogen-bond acceptors (Lipinski definition) is 2. The van der Waals surface area contributed by atoms with Crippen LogP contribution in [0.15, 0.2) is 0 Å². The standard InChI is InChI=1S/C13H24N2OS/c14-12(17)8-4-5-9-15-13(16)10-11-6-2-1-3-7-11/h11H,1-10H2,(H2,14,17)(H,15,16). The lowest BCUT2D eigenvalue weighted by Gasteiger charge is -2.20. The first-order chi connectivity index (χ1) is 8.18. The number of carbonyl (C=O) groups is 1. The molecule has 1 fully saturated rings. The van der Waals surface area contributed by atoms with Crippen molar-refractivity contribution >= 4 is 23.1 Å². The van der Waals surface area contributed by atoms with Gasteiger partial charge in [-0.2, -0.15) is 0 Å². The minimum Gasteiger partial charge on any atom is -0.393 e. The van der Waals surface area contributed by atoms with Crippen LogP contribution in [-0.4, -0.2) is 17.4 Å². The monoisotopic (exact) mass is 256 g/mol. The summed E-state index contributed by atoms with van der Waals surface area (Å²) in [6.45, 7) is 0.758. The summed E-state index contributed by atoms with van der Waals surface area (Å²) in [5.41, 5.74) is 5.40. The molecule has 0 aliphatic heterocycles. The summed E-state index contributed by atoms with van der Waals surface area (Å²) in [5, 5.41) is 2.98. The van der Waals surface area contributed by atoms with Crippen LogP contribution in [-0.2, 0) is 4.79 Å². The second-order valence-electron chi connectivity index (χ2n) is 4.98. The predicted octanol–water partition coefficient (Wildman–Crippen LogP) is 2.53. The fourth-order valence-corrected chi connectivity index (χ4v) is 2.52. The van der Waals surface area contributed by atoms with Crippen molar-refractivity contribution < 1.29 is 4.79 Å². The molecule has 0 aromatic rings. The summed E-state index contributed by atoms with van der Waals surface area (Å²) in [5.74, 6) is 0.840. The molecule has 1 saturated carbocycles. The molecule has 1 aliphatic carbocycles. The second kappa shape index (κ2) is 8.45. The Morgan fingerprint density at radius 2 is 1.94 bits per heavy atom. The van der Waals surface area contributed by atoms with E-state index in [1.165, 1.54) is 32.1 Å². The van der Waals surface area contributed by atoms with Crippen molar-refractivity contribution in [3.8, 4) is 0 Å². The van der Waals surface area contributed by atoms with Gasteiger partial charge >= 0.3 is 0 Å². The third-order valence-corrected chi connectivity index (χ3v) is 3.58. The Labute approximate surface area is 110 Å². The first-order valence-corrected chi connectivity index (χ1v) is 7.14. The van der Waals surface area contributed by atoms with Gasteiger partial charge in [0.2, 0.25) is 5.91 Å². The lowest BCUT2D eigenvalue weighted by atomic mass is 9.87. The second-order valence-corrected chi connectivity index (χ2v) is 5.51. The number of carbonyl (C=O) groups excluding carboxylic acids is 1. The van der Waals surface area contributed by atoms with Gasteiger partial charge in [-0.25, -0.2) is 0 Å². The molecule has 0 unspecified atom stereocenters. The van der Waals surface area contributed by atoms with E-state index in [9.17, 15) is 4.79 Å². The van der Waals surface area contributed by atoms with E-state index in [1.54, 1.807) is 0 Å². The minimum atomic E-state index is 0.215. The van der Waals surface area contributed by atoms with Gasteiger partial charge in [0, 0.05) is 13.0 Å². The molecule has 98 valence electrons. The highest BCUT2D eigenvalue weighted by atomic mass is 32.1. The molecule has 0 radical (unpaired) electrons. The Hall–Kier alpha value is -0.640. The lowest BCUT2D eigenvalue weighted by molar-refractivity contribution is -0.122. The van der Waals surface area contributed by atoms with Crippen LogP contribution >= 0.6 is 12.2 Å². The quantitative estimate of drug-likeness (QED) is 0.543. The fraction of sp³-hybridized carbons (Fsp3) is 0.846. The molecular weight excluding hydrogens is 232 g/mol. The number of hydrogen-bond donors (Lipinski definition) is 2. The van der Waals surface area contributed by atoms with Crippen molar-refractivity contribution in [1.29, 1.82) is 0 Å². The molecule has 1 rings (SSSR count). The number of unbranched alkanes of at least 4 members (excludes halogenated alkanes) is 1. The van der Waals surface area contributed by atoms with Gasteiger partial charge in [0.1, 0.15) is 0 Å². The van der Waals surface area contributed by atoms with E-state index >= 15 is 0 Å². The Bertz CT molecular complexity index is 250. The maximum atomic E-state index is 11.6. The third-order valence-electron chi connectivity index (χ3n) is 3.37. The van der Waals surface area contributed by atoms with E-state index in [2.05, 4.69) is 5.32 Å². The molecule has 0 aromatic carbocycles. The zero-order valence-corrected chi connectivity index (χ0v) is 11.4. The zero-order chi connectivity index (χ0) is 12.5. The van der Waals surface area contributed by atoms with Crippen LogP contribution in [0.1, 0.15) is 57.8 Å². The van der Waals surface area contributed by atoms with E-state index in [0.717, 1.165) is 32.2 Å². The molecule has 4 heteroatoms. The molecule has 0 aromatic heterocycles. The molecule has 0 atom stereocenters. The average Bonchev–Trinajstić information content (AvgIpc) is 2.29. The van der Waals surface area contributed by atoms with Crippen molar-refractivity contribution in [2.24, 2.45) is 11.7 Å². The smallest absolute Gasteiger partial charge is 0.220 e. The van der Waals surface area contributed by atoms with Gasteiger partial charge in [0.05, 0.1) is 4.99 Å². The summed E-state index contributed by atoms with van der Waals surface area (Å²) < 4.78 is 0. The Balaban J connectivity index is 1.98. The Morgan fingerprint density at radius 3 is 2.59 bits per heavy atom. The van der Waals surface area contributed by atoms with E-state index in [0.29, 0.717) is 10.9 Å². The first-order valence-electron chi connectivity index (χ1n) is 6.73.